The van der Waals surface area contributed by atoms with E-state index in [2.05, 4.69) is 62.5 Å². The zero-order valence-corrected chi connectivity index (χ0v) is 14.8. The Labute approximate surface area is 144 Å². The predicted octanol–water partition coefficient (Wildman–Crippen LogP) is 5.89. The molecular formula is C22H24N2. The minimum absolute atomic E-state index is 0.460. The van der Waals surface area contributed by atoms with E-state index in [1.807, 2.05) is 36.5 Å². The largest absolute Gasteiger partial charge is 0.279 e. The Morgan fingerprint density at radius 3 is 2.21 bits per heavy atom. The maximum atomic E-state index is 4.42. The molecule has 0 heterocycles. The normalized spacial score (nSPS) is 17.9. The SMILES string of the molecule is CC1=C(C)C(C)C(c2ccccc2C=NNc2ccccc2)=C1C. The van der Waals surface area contributed by atoms with Crippen LogP contribution in [0.4, 0.5) is 5.69 Å². The van der Waals surface area contributed by atoms with E-state index in [9.17, 15) is 0 Å². The number of rotatable bonds is 4. The fraction of sp³-hybridized carbons (Fsp3) is 0.227. The average Bonchev–Trinajstić information content (AvgIpc) is 2.80. The quantitative estimate of drug-likeness (QED) is 0.552. The van der Waals surface area contributed by atoms with Gasteiger partial charge in [0.25, 0.3) is 0 Å². The number of hydrazone groups is 1. The lowest BCUT2D eigenvalue weighted by atomic mass is 9.89. The van der Waals surface area contributed by atoms with Crippen LogP contribution in [0.1, 0.15) is 38.8 Å². The standard InChI is InChI=1S/C22H24N2/c1-15-16(2)18(4)22(17(15)3)21-13-9-8-10-19(21)14-23-24-20-11-6-5-7-12-20/h5-14,17,24H,1-4H3. The van der Waals surface area contributed by atoms with Gasteiger partial charge in [-0.25, -0.2) is 0 Å². The first-order valence-corrected chi connectivity index (χ1v) is 8.41. The van der Waals surface area contributed by atoms with E-state index < -0.39 is 0 Å². The van der Waals surface area contributed by atoms with Crippen molar-refractivity contribution in [1.29, 1.82) is 0 Å². The van der Waals surface area contributed by atoms with Crippen LogP contribution in [0, 0.1) is 5.92 Å². The van der Waals surface area contributed by atoms with Crippen LogP contribution in [-0.4, -0.2) is 6.21 Å². The lowest BCUT2D eigenvalue weighted by Gasteiger charge is -2.15. The molecule has 122 valence electrons. The summed E-state index contributed by atoms with van der Waals surface area (Å²) in [5, 5.41) is 4.42. The molecule has 1 atom stereocenters. The Balaban J connectivity index is 1.90. The number of hydrogen-bond donors (Lipinski definition) is 1. The second-order valence-electron chi connectivity index (χ2n) is 6.39. The molecule has 0 saturated heterocycles. The third-order valence-electron chi connectivity index (χ3n) is 5.06. The van der Waals surface area contributed by atoms with Crippen LogP contribution in [-0.2, 0) is 0 Å². The van der Waals surface area contributed by atoms with E-state index in [0.717, 1.165) is 11.3 Å². The lowest BCUT2D eigenvalue weighted by Crippen LogP contribution is -2.01. The molecule has 3 rings (SSSR count). The number of para-hydroxylation sites is 1. The van der Waals surface area contributed by atoms with Crippen molar-refractivity contribution in [3.05, 3.63) is 82.4 Å². The van der Waals surface area contributed by atoms with Crippen molar-refractivity contribution >= 4 is 17.5 Å². The number of nitrogens with zero attached hydrogens (tertiary/aromatic N) is 1. The molecule has 1 unspecified atom stereocenters. The summed E-state index contributed by atoms with van der Waals surface area (Å²) in [4.78, 5) is 0. The van der Waals surface area contributed by atoms with Crippen molar-refractivity contribution in [2.45, 2.75) is 27.7 Å². The predicted molar refractivity (Wildman–Crippen MR) is 104 cm³/mol. The van der Waals surface area contributed by atoms with Crippen LogP contribution >= 0.6 is 0 Å². The summed E-state index contributed by atoms with van der Waals surface area (Å²) in [7, 11) is 0. The molecular weight excluding hydrogens is 292 g/mol. The number of nitrogens with one attached hydrogen (secondary N) is 1. The maximum absolute atomic E-state index is 4.42. The monoisotopic (exact) mass is 316 g/mol. The molecule has 1 aliphatic rings. The molecule has 0 aliphatic heterocycles. The Bertz CT molecular complexity index is 826. The van der Waals surface area contributed by atoms with Crippen LogP contribution < -0.4 is 5.43 Å². The van der Waals surface area contributed by atoms with E-state index >= 15 is 0 Å². The molecule has 0 amide bonds. The molecule has 2 heteroatoms. The Morgan fingerprint density at radius 2 is 1.54 bits per heavy atom. The first-order chi connectivity index (χ1) is 11.6. The van der Waals surface area contributed by atoms with Gasteiger partial charge in [0.2, 0.25) is 0 Å². The van der Waals surface area contributed by atoms with Crippen LogP contribution in [0.3, 0.4) is 0 Å². The minimum atomic E-state index is 0.460. The average molecular weight is 316 g/mol. The highest BCUT2D eigenvalue weighted by atomic mass is 15.3. The second kappa shape index (κ2) is 6.88. The molecule has 24 heavy (non-hydrogen) atoms. The van der Waals surface area contributed by atoms with Gasteiger partial charge in [-0.1, -0.05) is 55.0 Å². The number of anilines is 1. The molecule has 0 radical (unpaired) electrons. The van der Waals surface area contributed by atoms with Crippen molar-refractivity contribution < 1.29 is 0 Å². The maximum Gasteiger partial charge on any atom is 0.0561 e. The zero-order valence-electron chi connectivity index (χ0n) is 14.8. The van der Waals surface area contributed by atoms with Gasteiger partial charge in [-0.15, -0.1) is 0 Å². The summed E-state index contributed by atoms with van der Waals surface area (Å²) < 4.78 is 0. The zero-order chi connectivity index (χ0) is 17.1. The van der Waals surface area contributed by atoms with Gasteiger partial charge in [0.1, 0.15) is 0 Å². The van der Waals surface area contributed by atoms with Crippen molar-refractivity contribution in [3.8, 4) is 0 Å². The molecule has 2 nitrogen and oxygen atoms in total. The third-order valence-corrected chi connectivity index (χ3v) is 5.06. The smallest absolute Gasteiger partial charge is 0.0561 e. The summed E-state index contributed by atoms with van der Waals surface area (Å²) in [6.45, 7) is 8.99. The van der Waals surface area contributed by atoms with E-state index in [4.69, 9.17) is 0 Å². The highest BCUT2D eigenvalue weighted by Gasteiger charge is 2.25. The van der Waals surface area contributed by atoms with Crippen molar-refractivity contribution in [2.75, 3.05) is 5.43 Å². The Morgan fingerprint density at radius 1 is 0.875 bits per heavy atom. The lowest BCUT2D eigenvalue weighted by molar-refractivity contribution is 0.895. The molecule has 0 spiro atoms. The Kier molecular flexibility index (Phi) is 4.66. The van der Waals surface area contributed by atoms with Gasteiger partial charge in [0.15, 0.2) is 0 Å². The highest BCUT2D eigenvalue weighted by Crippen LogP contribution is 2.42. The van der Waals surface area contributed by atoms with Gasteiger partial charge in [0.05, 0.1) is 11.9 Å². The molecule has 1 aliphatic carbocycles. The van der Waals surface area contributed by atoms with E-state index in [0.29, 0.717) is 5.92 Å². The summed E-state index contributed by atoms with van der Waals surface area (Å²) in [6.07, 6.45) is 1.92. The topological polar surface area (TPSA) is 24.4 Å². The molecule has 0 fully saturated rings. The van der Waals surface area contributed by atoms with Gasteiger partial charge in [-0.3, -0.25) is 5.43 Å². The van der Waals surface area contributed by atoms with Crippen molar-refractivity contribution in [2.24, 2.45) is 11.0 Å². The second-order valence-corrected chi connectivity index (χ2v) is 6.39. The molecule has 2 aromatic carbocycles. The van der Waals surface area contributed by atoms with Crippen LogP contribution in [0.5, 0.6) is 0 Å². The van der Waals surface area contributed by atoms with E-state index in [-0.39, 0.29) is 0 Å². The number of allylic oxidation sites excluding steroid dienone is 4. The summed E-state index contributed by atoms with van der Waals surface area (Å²) >= 11 is 0. The highest BCUT2D eigenvalue weighted by molar-refractivity contribution is 5.92. The van der Waals surface area contributed by atoms with Gasteiger partial charge in [-0.2, -0.15) is 5.10 Å². The number of hydrogen-bond acceptors (Lipinski definition) is 2. The van der Waals surface area contributed by atoms with Gasteiger partial charge in [-0.05, 0) is 55.2 Å². The van der Waals surface area contributed by atoms with Crippen LogP contribution in [0.2, 0.25) is 0 Å². The molecule has 0 bridgehead atoms. The van der Waals surface area contributed by atoms with Gasteiger partial charge < -0.3 is 0 Å². The molecule has 2 aromatic rings. The minimum Gasteiger partial charge on any atom is -0.279 e. The molecule has 0 saturated carbocycles. The number of benzene rings is 2. The molecule has 0 aromatic heterocycles. The fourth-order valence-electron chi connectivity index (χ4n) is 3.34. The van der Waals surface area contributed by atoms with Crippen LogP contribution in [0.25, 0.3) is 5.57 Å². The molecule has 1 N–H and O–H groups in total. The van der Waals surface area contributed by atoms with Crippen molar-refractivity contribution in [1.82, 2.24) is 0 Å². The Hall–Kier alpha value is -2.61. The van der Waals surface area contributed by atoms with Crippen molar-refractivity contribution in [3.63, 3.8) is 0 Å². The van der Waals surface area contributed by atoms with Gasteiger partial charge in [0, 0.05) is 11.5 Å². The summed E-state index contributed by atoms with van der Waals surface area (Å²) in [6, 6.07) is 18.5. The third kappa shape index (κ3) is 3.05. The van der Waals surface area contributed by atoms with E-state index in [1.54, 1.807) is 0 Å². The van der Waals surface area contributed by atoms with Gasteiger partial charge >= 0.3 is 0 Å². The first kappa shape index (κ1) is 16.3. The van der Waals surface area contributed by atoms with Crippen LogP contribution in [0.15, 0.2) is 76.4 Å². The van der Waals surface area contributed by atoms with E-state index in [1.165, 1.54) is 27.9 Å². The fourth-order valence-corrected chi connectivity index (χ4v) is 3.34. The summed E-state index contributed by atoms with van der Waals surface area (Å²) in [5.41, 5.74) is 12.2. The summed E-state index contributed by atoms with van der Waals surface area (Å²) in [5.74, 6) is 0.460. The first-order valence-electron chi connectivity index (χ1n) is 8.41.